The molecule has 2 rings (SSSR count). The number of carbonyl (C=O) groups excluding carboxylic acids is 1. The molecule has 0 bridgehead atoms. The Morgan fingerprint density at radius 3 is 2.95 bits per heavy atom. The van der Waals surface area contributed by atoms with Crippen LogP contribution in [0.25, 0.3) is 0 Å². The van der Waals surface area contributed by atoms with Crippen LogP contribution in [0.15, 0.2) is 12.4 Å². The number of hydrogen-bond donors (Lipinski definition) is 3. The summed E-state index contributed by atoms with van der Waals surface area (Å²) in [6.07, 6.45) is 6.17. The Morgan fingerprint density at radius 1 is 1.40 bits per heavy atom. The lowest BCUT2D eigenvalue weighted by atomic mass is 9.86. The highest BCUT2D eigenvalue weighted by Gasteiger charge is 2.27. The van der Waals surface area contributed by atoms with Gasteiger partial charge >= 0.3 is 12.0 Å². The Balaban J connectivity index is 1.67. The van der Waals surface area contributed by atoms with E-state index in [0.29, 0.717) is 25.9 Å². The molecule has 1 heterocycles. The van der Waals surface area contributed by atoms with Gasteiger partial charge < -0.3 is 15.7 Å². The van der Waals surface area contributed by atoms with Gasteiger partial charge in [-0.05, 0) is 19.3 Å². The van der Waals surface area contributed by atoms with Gasteiger partial charge in [-0.25, -0.2) is 4.79 Å². The zero-order chi connectivity index (χ0) is 14.4. The Morgan fingerprint density at radius 2 is 2.25 bits per heavy atom. The van der Waals surface area contributed by atoms with Crippen molar-refractivity contribution in [2.75, 3.05) is 6.54 Å². The number of carbonyl (C=O) groups is 2. The van der Waals surface area contributed by atoms with Crippen molar-refractivity contribution in [3.8, 4) is 0 Å². The van der Waals surface area contributed by atoms with E-state index in [-0.39, 0.29) is 18.0 Å². The third-order valence-corrected chi connectivity index (χ3v) is 3.46. The van der Waals surface area contributed by atoms with Crippen LogP contribution < -0.4 is 10.6 Å². The summed E-state index contributed by atoms with van der Waals surface area (Å²) >= 11 is 0. The molecule has 1 aromatic heterocycles. The molecule has 8 nitrogen and oxygen atoms in total. The average Bonchev–Trinajstić information content (AvgIpc) is 2.92. The van der Waals surface area contributed by atoms with Gasteiger partial charge in [0.05, 0.1) is 18.7 Å². The summed E-state index contributed by atoms with van der Waals surface area (Å²) in [5.74, 6) is -1.12. The quantitative estimate of drug-likeness (QED) is 0.715. The highest BCUT2D eigenvalue weighted by molar-refractivity contribution is 5.74. The van der Waals surface area contributed by atoms with Crippen LogP contribution in [0.3, 0.4) is 0 Å². The van der Waals surface area contributed by atoms with E-state index in [0.717, 1.165) is 12.8 Å². The van der Waals surface area contributed by atoms with Crippen LogP contribution in [0.2, 0.25) is 0 Å². The van der Waals surface area contributed by atoms with E-state index in [9.17, 15) is 9.59 Å². The van der Waals surface area contributed by atoms with E-state index in [1.807, 2.05) is 0 Å². The van der Waals surface area contributed by atoms with Gasteiger partial charge in [-0.2, -0.15) is 0 Å². The van der Waals surface area contributed by atoms with Crippen molar-refractivity contribution in [2.24, 2.45) is 5.92 Å². The summed E-state index contributed by atoms with van der Waals surface area (Å²) in [6, 6.07) is -0.322. The second-order valence-electron chi connectivity index (χ2n) is 4.97. The molecule has 0 spiro atoms. The van der Waals surface area contributed by atoms with E-state index >= 15 is 0 Å². The lowest BCUT2D eigenvalue weighted by molar-refractivity contribution is -0.143. The lowest BCUT2D eigenvalue weighted by Gasteiger charge is -2.27. The number of nitrogens with zero attached hydrogens (tertiary/aromatic N) is 3. The fraction of sp³-hybridized carbons (Fsp3) is 0.667. The normalized spacial score (nSPS) is 22.2. The minimum Gasteiger partial charge on any atom is -0.481 e. The lowest BCUT2D eigenvalue weighted by Crippen LogP contribution is -2.45. The summed E-state index contributed by atoms with van der Waals surface area (Å²) in [7, 11) is 0. The van der Waals surface area contributed by atoms with Gasteiger partial charge in [-0.15, -0.1) is 5.10 Å². The zero-order valence-corrected chi connectivity index (χ0v) is 11.2. The third kappa shape index (κ3) is 4.22. The molecule has 1 fully saturated rings. The first-order valence-electron chi connectivity index (χ1n) is 6.76. The van der Waals surface area contributed by atoms with Crippen molar-refractivity contribution in [1.29, 1.82) is 0 Å². The molecule has 0 radical (unpaired) electrons. The summed E-state index contributed by atoms with van der Waals surface area (Å²) in [4.78, 5) is 22.6. The summed E-state index contributed by atoms with van der Waals surface area (Å²) in [6.45, 7) is 1.00. The highest BCUT2D eigenvalue weighted by Crippen LogP contribution is 2.24. The topological polar surface area (TPSA) is 109 Å². The van der Waals surface area contributed by atoms with Crippen molar-refractivity contribution in [3.05, 3.63) is 12.4 Å². The maximum absolute atomic E-state index is 11.7. The van der Waals surface area contributed by atoms with Gasteiger partial charge in [0, 0.05) is 18.8 Å². The smallest absolute Gasteiger partial charge is 0.315 e. The monoisotopic (exact) mass is 281 g/mol. The molecule has 0 aliphatic heterocycles. The second kappa shape index (κ2) is 6.88. The second-order valence-corrected chi connectivity index (χ2v) is 4.97. The standard InChI is InChI=1S/C12H19N5O3/c18-11(19)9-2-1-3-10(8-9)15-12(20)13-4-6-17-7-5-14-16-17/h5,7,9-10H,1-4,6,8H2,(H,18,19)(H2,13,15,20). The van der Waals surface area contributed by atoms with Gasteiger partial charge in [0.1, 0.15) is 0 Å². The first kappa shape index (κ1) is 14.3. The Bertz CT molecular complexity index is 448. The van der Waals surface area contributed by atoms with E-state index < -0.39 is 5.97 Å². The fourth-order valence-electron chi connectivity index (χ4n) is 2.42. The first-order chi connectivity index (χ1) is 9.65. The van der Waals surface area contributed by atoms with Crippen LogP contribution in [-0.2, 0) is 11.3 Å². The predicted octanol–water partition coefficient (Wildman–Crippen LogP) is 0.221. The molecule has 110 valence electrons. The molecule has 2 atom stereocenters. The van der Waals surface area contributed by atoms with Crippen LogP contribution in [-0.4, -0.2) is 44.7 Å². The number of aliphatic carboxylic acids is 1. The summed E-state index contributed by atoms with van der Waals surface area (Å²) < 4.78 is 1.63. The zero-order valence-electron chi connectivity index (χ0n) is 11.2. The van der Waals surface area contributed by atoms with Crippen molar-refractivity contribution < 1.29 is 14.7 Å². The molecule has 2 unspecified atom stereocenters. The molecule has 1 aliphatic carbocycles. The van der Waals surface area contributed by atoms with E-state index in [2.05, 4.69) is 20.9 Å². The Labute approximate surface area is 116 Å². The first-order valence-corrected chi connectivity index (χ1v) is 6.76. The SMILES string of the molecule is O=C(NCCn1ccnn1)NC1CCCC(C(=O)O)C1. The molecular formula is C12H19N5O3. The van der Waals surface area contributed by atoms with E-state index in [1.54, 1.807) is 17.1 Å². The number of rotatable bonds is 5. The highest BCUT2D eigenvalue weighted by atomic mass is 16.4. The molecule has 3 N–H and O–H groups in total. The van der Waals surface area contributed by atoms with Crippen LogP contribution in [0, 0.1) is 5.92 Å². The Kier molecular flexibility index (Phi) is 4.91. The predicted molar refractivity (Wildman–Crippen MR) is 69.9 cm³/mol. The third-order valence-electron chi connectivity index (χ3n) is 3.46. The molecule has 1 aromatic rings. The number of urea groups is 1. The van der Waals surface area contributed by atoms with Crippen LogP contribution in [0.1, 0.15) is 25.7 Å². The minimum absolute atomic E-state index is 0.0591. The number of aromatic nitrogens is 3. The maximum atomic E-state index is 11.7. The Hall–Kier alpha value is -2.12. The van der Waals surface area contributed by atoms with Crippen LogP contribution >= 0.6 is 0 Å². The molecule has 20 heavy (non-hydrogen) atoms. The van der Waals surface area contributed by atoms with Crippen molar-refractivity contribution >= 4 is 12.0 Å². The molecule has 1 aliphatic rings. The molecule has 0 aromatic carbocycles. The van der Waals surface area contributed by atoms with Gasteiger partial charge in [0.15, 0.2) is 0 Å². The van der Waals surface area contributed by atoms with Gasteiger partial charge in [-0.3, -0.25) is 9.48 Å². The number of nitrogens with one attached hydrogen (secondary N) is 2. The molecule has 2 amide bonds. The summed E-state index contributed by atoms with van der Waals surface area (Å²) in [5, 5.41) is 22.0. The molecular weight excluding hydrogens is 262 g/mol. The minimum atomic E-state index is -0.775. The molecule has 0 saturated heterocycles. The number of amides is 2. The molecule has 1 saturated carbocycles. The van der Waals surface area contributed by atoms with E-state index in [4.69, 9.17) is 5.11 Å². The van der Waals surface area contributed by atoms with E-state index in [1.165, 1.54) is 0 Å². The number of hydrogen-bond acceptors (Lipinski definition) is 4. The molecule has 8 heteroatoms. The number of carboxylic acids is 1. The van der Waals surface area contributed by atoms with Crippen molar-refractivity contribution in [3.63, 3.8) is 0 Å². The van der Waals surface area contributed by atoms with Gasteiger partial charge in [0.2, 0.25) is 0 Å². The van der Waals surface area contributed by atoms with Crippen LogP contribution in [0.5, 0.6) is 0 Å². The van der Waals surface area contributed by atoms with Crippen LogP contribution in [0.4, 0.5) is 4.79 Å². The largest absolute Gasteiger partial charge is 0.481 e. The summed E-state index contributed by atoms with van der Waals surface area (Å²) in [5.41, 5.74) is 0. The van der Waals surface area contributed by atoms with Gasteiger partial charge in [0.25, 0.3) is 0 Å². The average molecular weight is 281 g/mol. The maximum Gasteiger partial charge on any atom is 0.315 e. The van der Waals surface area contributed by atoms with Crippen molar-refractivity contribution in [2.45, 2.75) is 38.3 Å². The van der Waals surface area contributed by atoms with Crippen molar-refractivity contribution in [1.82, 2.24) is 25.6 Å². The fourth-order valence-corrected chi connectivity index (χ4v) is 2.42. The van der Waals surface area contributed by atoms with Gasteiger partial charge in [-0.1, -0.05) is 11.6 Å². The number of carboxylic acid groups (broad SMARTS) is 1.